The maximum absolute atomic E-state index is 13.9. The summed E-state index contributed by atoms with van der Waals surface area (Å²) in [6, 6.07) is 29.7. The summed E-state index contributed by atoms with van der Waals surface area (Å²) in [6.45, 7) is 0.786. The summed E-state index contributed by atoms with van der Waals surface area (Å²) < 4.78 is 4.70. The molecule has 0 aliphatic rings. The molecule has 0 unspecified atom stereocenters. The molecule has 0 saturated heterocycles. The number of fused-ring (bicyclic) bond motifs is 2. The Morgan fingerprint density at radius 3 is 2.49 bits per heavy atom. The van der Waals surface area contributed by atoms with E-state index in [2.05, 4.69) is 23.2 Å². The van der Waals surface area contributed by atoms with Crippen molar-refractivity contribution >= 4 is 33.7 Å². The molecular weight excluding hydrogens is 462 g/mol. The predicted octanol–water partition coefficient (Wildman–Crippen LogP) is 6.14. The molecule has 37 heavy (non-hydrogen) atoms. The highest BCUT2D eigenvalue weighted by Gasteiger charge is 2.20. The van der Waals surface area contributed by atoms with Crippen LogP contribution in [0.2, 0.25) is 0 Å². The van der Waals surface area contributed by atoms with Gasteiger partial charge in [-0.3, -0.25) is 9.59 Å². The van der Waals surface area contributed by atoms with Gasteiger partial charge in [0.2, 0.25) is 0 Å². The number of nitrogens with zero attached hydrogens (tertiary/aromatic N) is 2. The van der Waals surface area contributed by atoms with Gasteiger partial charge in [0.15, 0.2) is 0 Å². The fourth-order valence-corrected chi connectivity index (χ4v) is 4.43. The summed E-state index contributed by atoms with van der Waals surface area (Å²) in [7, 11) is 1.36. The van der Waals surface area contributed by atoms with Crippen LogP contribution in [-0.2, 0) is 16.1 Å². The molecule has 1 amide bonds. The maximum Gasteiger partial charge on any atom is 0.309 e. The van der Waals surface area contributed by atoms with Crippen molar-refractivity contribution in [1.82, 2.24) is 14.9 Å². The molecule has 5 aromatic rings. The van der Waals surface area contributed by atoms with Crippen molar-refractivity contribution in [3.8, 4) is 11.4 Å². The lowest BCUT2D eigenvalue weighted by atomic mass is 10.0. The second kappa shape index (κ2) is 10.9. The number of hydrogen-bond donors (Lipinski definition) is 1. The standard InChI is InChI=1S/C31H27N3O3/c1-37-28(35)19-7-8-20-34(21-22-11-3-2-4-12-22)31(36)26-17-10-18-27-29(26)33-30(32-27)25-16-9-14-23-13-5-6-15-24(23)25/h2-18H,19-21H2,1H3,(H,32,33)/b8-7+. The molecule has 6 heteroatoms. The number of imidazole rings is 1. The molecule has 1 heterocycles. The third kappa shape index (κ3) is 5.28. The first-order valence-electron chi connectivity index (χ1n) is 12.2. The van der Waals surface area contributed by atoms with Gasteiger partial charge >= 0.3 is 5.97 Å². The molecule has 0 radical (unpaired) electrons. The summed E-state index contributed by atoms with van der Waals surface area (Å²) in [5.41, 5.74) is 3.99. The Balaban J connectivity index is 1.50. The lowest BCUT2D eigenvalue weighted by Gasteiger charge is -2.22. The Morgan fingerprint density at radius 1 is 0.892 bits per heavy atom. The van der Waals surface area contributed by atoms with E-state index in [1.54, 1.807) is 11.0 Å². The first-order chi connectivity index (χ1) is 18.1. The molecule has 6 nitrogen and oxygen atoms in total. The van der Waals surface area contributed by atoms with Crippen LogP contribution >= 0.6 is 0 Å². The Morgan fingerprint density at radius 2 is 1.65 bits per heavy atom. The molecule has 184 valence electrons. The van der Waals surface area contributed by atoms with Crippen molar-refractivity contribution in [2.45, 2.75) is 13.0 Å². The smallest absolute Gasteiger partial charge is 0.309 e. The largest absolute Gasteiger partial charge is 0.469 e. The van der Waals surface area contributed by atoms with Crippen molar-refractivity contribution in [2.75, 3.05) is 13.7 Å². The normalized spacial score (nSPS) is 11.3. The number of aromatic nitrogens is 2. The summed E-state index contributed by atoms with van der Waals surface area (Å²) in [4.78, 5) is 35.4. The SMILES string of the molecule is COC(=O)C/C=C/CN(Cc1ccccc1)C(=O)c1cccc2nc(-c3cccc4ccccc34)[nH]c12. The Hall–Kier alpha value is -4.71. The molecule has 0 bridgehead atoms. The number of hydrogen-bond acceptors (Lipinski definition) is 4. The van der Waals surface area contributed by atoms with E-state index < -0.39 is 0 Å². The number of H-pyrrole nitrogens is 1. The number of carbonyl (C=O) groups is 2. The molecule has 4 aromatic carbocycles. The average Bonchev–Trinajstić information content (AvgIpc) is 3.39. The second-order valence-corrected chi connectivity index (χ2v) is 8.73. The Labute approximate surface area is 215 Å². The molecule has 0 fully saturated rings. The quantitative estimate of drug-likeness (QED) is 0.210. The number of esters is 1. The zero-order valence-electron chi connectivity index (χ0n) is 20.6. The van der Waals surface area contributed by atoms with Gasteiger partial charge in [-0.05, 0) is 28.5 Å². The minimum absolute atomic E-state index is 0.120. The summed E-state index contributed by atoms with van der Waals surface area (Å²) in [5, 5.41) is 2.22. The van der Waals surface area contributed by atoms with Gasteiger partial charge in [0.25, 0.3) is 5.91 Å². The van der Waals surface area contributed by atoms with Gasteiger partial charge in [0, 0.05) is 18.7 Å². The monoisotopic (exact) mass is 489 g/mol. The van der Waals surface area contributed by atoms with Gasteiger partial charge < -0.3 is 14.6 Å². The van der Waals surface area contributed by atoms with Crippen LogP contribution in [0.15, 0.2) is 103 Å². The van der Waals surface area contributed by atoms with Crippen molar-refractivity contribution in [2.24, 2.45) is 0 Å². The molecule has 0 aliphatic carbocycles. The second-order valence-electron chi connectivity index (χ2n) is 8.73. The molecule has 0 spiro atoms. The van der Waals surface area contributed by atoms with Gasteiger partial charge in [-0.1, -0.05) is 91.0 Å². The van der Waals surface area contributed by atoms with Gasteiger partial charge in [0.05, 0.1) is 30.1 Å². The van der Waals surface area contributed by atoms with E-state index in [1.165, 1.54) is 7.11 Å². The molecule has 0 aliphatic heterocycles. The van der Waals surface area contributed by atoms with Crippen LogP contribution in [-0.4, -0.2) is 40.4 Å². The highest BCUT2D eigenvalue weighted by molar-refractivity contribution is 6.06. The van der Waals surface area contributed by atoms with Crippen LogP contribution in [0.4, 0.5) is 0 Å². The lowest BCUT2D eigenvalue weighted by Crippen LogP contribution is -2.31. The number of amides is 1. The topological polar surface area (TPSA) is 75.3 Å². The van der Waals surface area contributed by atoms with Gasteiger partial charge in [-0.25, -0.2) is 4.98 Å². The van der Waals surface area contributed by atoms with E-state index in [0.29, 0.717) is 24.2 Å². The van der Waals surface area contributed by atoms with Crippen molar-refractivity contribution in [1.29, 1.82) is 0 Å². The van der Waals surface area contributed by atoms with Gasteiger partial charge in [-0.15, -0.1) is 0 Å². The third-order valence-electron chi connectivity index (χ3n) is 6.30. The number of rotatable bonds is 8. The first-order valence-corrected chi connectivity index (χ1v) is 12.2. The van der Waals surface area contributed by atoms with E-state index in [4.69, 9.17) is 9.72 Å². The first kappa shape index (κ1) is 24.0. The van der Waals surface area contributed by atoms with Crippen LogP contribution in [0.3, 0.4) is 0 Å². The zero-order valence-corrected chi connectivity index (χ0v) is 20.6. The fourth-order valence-electron chi connectivity index (χ4n) is 4.43. The summed E-state index contributed by atoms with van der Waals surface area (Å²) >= 11 is 0. The third-order valence-corrected chi connectivity index (χ3v) is 6.30. The molecule has 1 aromatic heterocycles. The number of aromatic amines is 1. The number of carbonyl (C=O) groups excluding carboxylic acids is 2. The maximum atomic E-state index is 13.9. The number of benzene rings is 4. The van der Waals surface area contributed by atoms with Crippen molar-refractivity contribution in [3.05, 3.63) is 114 Å². The minimum Gasteiger partial charge on any atom is -0.469 e. The van der Waals surface area contributed by atoms with E-state index in [0.717, 1.165) is 33.2 Å². The van der Waals surface area contributed by atoms with Crippen LogP contribution < -0.4 is 0 Å². The summed E-state index contributed by atoms with van der Waals surface area (Å²) in [6.07, 6.45) is 3.72. The van der Waals surface area contributed by atoms with Crippen LogP contribution in [0.5, 0.6) is 0 Å². The zero-order chi connectivity index (χ0) is 25.6. The van der Waals surface area contributed by atoms with Crippen LogP contribution in [0, 0.1) is 0 Å². The van der Waals surface area contributed by atoms with E-state index in [1.807, 2.05) is 78.9 Å². The van der Waals surface area contributed by atoms with Crippen molar-refractivity contribution < 1.29 is 14.3 Å². The van der Waals surface area contributed by atoms with E-state index in [-0.39, 0.29) is 18.3 Å². The highest BCUT2D eigenvalue weighted by atomic mass is 16.5. The minimum atomic E-state index is -0.319. The molecule has 5 rings (SSSR count). The number of ether oxygens (including phenoxy) is 1. The molecule has 0 atom stereocenters. The average molecular weight is 490 g/mol. The number of nitrogens with one attached hydrogen (secondary N) is 1. The predicted molar refractivity (Wildman–Crippen MR) is 146 cm³/mol. The molecular formula is C31H27N3O3. The van der Waals surface area contributed by atoms with Crippen LogP contribution in [0.25, 0.3) is 33.2 Å². The Bertz CT molecular complexity index is 1580. The van der Waals surface area contributed by atoms with E-state index in [9.17, 15) is 9.59 Å². The summed E-state index contributed by atoms with van der Waals surface area (Å²) in [5.74, 6) is 0.283. The Kier molecular flexibility index (Phi) is 7.08. The van der Waals surface area contributed by atoms with Crippen LogP contribution in [0.1, 0.15) is 22.3 Å². The van der Waals surface area contributed by atoms with Crippen molar-refractivity contribution in [3.63, 3.8) is 0 Å². The van der Waals surface area contributed by atoms with E-state index >= 15 is 0 Å². The molecule has 0 saturated carbocycles. The van der Waals surface area contributed by atoms with Gasteiger partial charge in [-0.2, -0.15) is 0 Å². The molecule has 1 N–H and O–H groups in total. The highest BCUT2D eigenvalue weighted by Crippen LogP contribution is 2.29. The van der Waals surface area contributed by atoms with Gasteiger partial charge in [0.1, 0.15) is 5.82 Å². The number of para-hydroxylation sites is 1. The lowest BCUT2D eigenvalue weighted by molar-refractivity contribution is -0.139. The number of methoxy groups -OCH3 is 1. The fraction of sp³-hybridized carbons (Fsp3) is 0.129.